The number of halogens is 2. The fourth-order valence-corrected chi connectivity index (χ4v) is 2.94. The fraction of sp³-hybridized carbons (Fsp3) is 0.0455. The summed E-state index contributed by atoms with van der Waals surface area (Å²) in [4.78, 5) is 12.7. The first kappa shape index (κ1) is 18.8. The van der Waals surface area contributed by atoms with Crippen molar-refractivity contribution in [3.05, 3.63) is 107 Å². The van der Waals surface area contributed by atoms with Crippen LogP contribution in [0.3, 0.4) is 0 Å². The molecule has 0 fully saturated rings. The van der Waals surface area contributed by atoms with Crippen molar-refractivity contribution in [1.82, 2.24) is 15.5 Å². The van der Waals surface area contributed by atoms with Gasteiger partial charge in [0.15, 0.2) is 0 Å². The Kier molecular flexibility index (Phi) is 5.35. The first-order valence-corrected chi connectivity index (χ1v) is 9.18. The molecule has 3 aromatic carbocycles. The molecule has 0 aliphatic carbocycles. The van der Waals surface area contributed by atoms with E-state index in [1.807, 2.05) is 30.3 Å². The number of hydrogen-bond acceptors (Lipinski definition) is 4. The van der Waals surface area contributed by atoms with Crippen molar-refractivity contribution in [2.24, 2.45) is 0 Å². The van der Waals surface area contributed by atoms with Crippen molar-refractivity contribution in [3.63, 3.8) is 0 Å². The van der Waals surface area contributed by atoms with Gasteiger partial charge in [-0.05, 0) is 54.1 Å². The van der Waals surface area contributed by atoms with Gasteiger partial charge in [-0.15, -0.1) is 10.2 Å². The van der Waals surface area contributed by atoms with Gasteiger partial charge >= 0.3 is 0 Å². The van der Waals surface area contributed by atoms with E-state index in [4.69, 9.17) is 16.0 Å². The molecule has 0 radical (unpaired) electrons. The van der Waals surface area contributed by atoms with E-state index in [-0.39, 0.29) is 11.8 Å². The molecule has 0 saturated heterocycles. The summed E-state index contributed by atoms with van der Waals surface area (Å²) >= 11 is 5.92. The van der Waals surface area contributed by atoms with Crippen LogP contribution in [0.15, 0.2) is 83.3 Å². The smallest absolute Gasteiger partial charge is 0.252 e. The van der Waals surface area contributed by atoms with Crippen molar-refractivity contribution >= 4 is 17.5 Å². The normalized spacial score (nSPS) is 11.8. The zero-order chi connectivity index (χ0) is 20.2. The molecule has 7 heteroatoms. The standard InChI is InChI=1S/C22H15ClFN3O2/c23-17-10-6-16(7-11-17)21-26-27-22(29-21)19(14-4-2-1-3-5-14)25-20(28)15-8-12-18(24)13-9-15/h1-13,19H,(H,25,28)/t19-/m1/s1. The Morgan fingerprint density at radius 2 is 1.62 bits per heavy atom. The van der Waals surface area contributed by atoms with Crippen LogP contribution in [-0.2, 0) is 0 Å². The molecule has 0 unspecified atom stereocenters. The van der Waals surface area contributed by atoms with Crippen LogP contribution in [0.25, 0.3) is 11.5 Å². The highest BCUT2D eigenvalue weighted by atomic mass is 35.5. The van der Waals surface area contributed by atoms with Crippen molar-refractivity contribution in [2.45, 2.75) is 6.04 Å². The third-order valence-electron chi connectivity index (χ3n) is 4.29. The van der Waals surface area contributed by atoms with Gasteiger partial charge in [-0.25, -0.2) is 4.39 Å². The fourth-order valence-electron chi connectivity index (χ4n) is 2.81. The monoisotopic (exact) mass is 407 g/mol. The summed E-state index contributed by atoms with van der Waals surface area (Å²) in [6, 6.07) is 20.9. The van der Waals surface area contributed by atoms with Crippen LogP contribution in [0, 0.1) is 5.82 Å². The van der Waals surface area contributed by atoms with Gasteiger partial charge in [-0.1, -0.05) is 41.9 Å². The first-order valence-electron chi connectivity index (χ1n) is 8.81. The Labute approximate surface area is 171 Å². The van der Waals surface area contributed by atoms with Crippen LogP contribution in [0.2, 0.25) is 5.02 Å². The molecule has 1 amide bonds. The predicted octanol–water partition coefficient (Wildman–Crippen LogP) is 5.05. The summed E-state index contributed by atoms with van der Waals surface area (Å²) < 4.78 is 19.0. The van der Waals surface area contributed by atoms with E-state index >= 15 is 0 Å². The van der Waals surface area contributed by atoms with Gasteiger partial charge in [0.1, 0.15) is 11.9 Å². The van der Waals surface area contributed by atoms with E-state index in [0.29, 0.717) is 22.0 Å². The Hall–Kier alpha value is -3.51. The van der Waals surface area contributed by atoms with Crippen molar-refractivity contribution in [2.75, 3.05) is 0 Å². The van der Waals surface area contributed by atoms with Crippen LogP contribution < -0.4 is 5.32 Å². The van der Waals surface area contributed by atoms with E-state index in [2.05, 4.69) is 15.5 Å². The highest BCUT2D eigenvalue weighted by Crippen LogP contribution is 2.26. The van der Waals surface area contributed by atoms with Crippen LogP contribution in [0.1, 0.15) is 27.9 Å². The summed E-state index contributed by atoms with van der Waals surface area (Å²) in [5.41, 5.74) is 1.81. The van der Waals surface area contributed by atoms with Crippen LogP contribution in [-0.4, -0.2) is 16.1 Å². The summed E-state index contributed by atoms with van der Waals surface area (Å²) in [6.07, 6.45) is 0. The highest BCUT2D eigenvalue weighted by Gasteiger charge is 2.24. The maximum Gasteiger partial charge on any atom is 0.252 e. The average molecular weight is 408 g/mol. The van der Waals surface area contributed by atoms with Gasteiger partial charge < -0.3 is 9.73 Å². The second kappa shape index (κ2) is 8.24. The Morgan fingerprint density at radius 1 is 0.931 bits per heavy atom. The minimum Gasteiger partial charge on any atom is -0.418 e. The second-order valence-corrected chi connectivity index (χ2v) is 6.71. The van der Waals surface area contributed by atoms with E-state index in [0.717, 1.165) is 5.56 Å². The van der Waals surface area contributed by atoms with Crippen molar-refractivity contribution in [1.29, 1.82) is 0 Å². The van der Waals surface area contributed by atoms with E-state index in [1.54, 1.807) is 24.3 Å². The lowest BCUT2D eigenvalue weighted by Crippen LogP contribution is -2.29. The lowest BCUT2D eigenvalue weighted by Gasteiger charge is -2.15. The van der Waals surface area contributed by atoms with Gasteiger partial charge in [0, 0.05) is 16.1 Å². The minimum absolute atomic E-state index is 0.233. The average Bonchev–Trinajstić information content (AvgIpc) is 3.23. The van der Waals surface area contributed by atoms with Gasteiger partial charge in [0.05, 0.1) is 0 Å². The van der Waals surface area contributed by atoms with Crippen molar-refractivity contribution < 1.29 is 13.6 Å². The molecule has 0 bridgehead atoms. The highest BCUT2D eigenvalue weighted by molar-refractivity contribution is 6.30. The number of carbonyl (C=O) groups excluding carboxylic acids is 1. The summed E-state index contributed by atoms with van der Waals surface area (Å²) in [5.74, 6) is -0.249. The third kappa shape index (κ3) is 4.33. The Morgan fingerprint density at radius 3 is 2.31 bits per heavy atom. The van der Waals surface area contributed by atoms with Crippen LogP contribution in [0.4, 0.5) is 4.39 Å². The molecule has 4 rings (SSSR count). The lowest BCUT2D eigenvalue weighted by molar-refractivity contribution is 0.0938. The number of amides is 1. The molecule has 1 atom stereocenters. The molecule has 144 valence electrons. The quantitative estimate of drug-likeness (QED) is 0.502. The van der Waals surface area contributed by atoms with Gasteiger partial charge in [-0.2, -0.15) is 0 Å². The second-order valence-electron chi connectivity index (χ2n) is 6.28. The number of hydrogen-bond donors (Lipinski definition) is 1. The number of nitrogens with one attached hydrogen (secondary N) is 1. The summed E-state index contributed by atoms with van der Waals surface area (Å²) in [7, 11) is 0. The van der Waals surface area contributed by atoms with Gasteiger partial charge in [0.2, 0.25) is 11.8 Å². The molecule has 0 aliphatic rings. The molecule has 1 N–H and O–H groups in total. The maximum absolute atomic E-state index is 13.2. The molecule has 29 heavy (non-hydrogen) atoms. The number of rotatable bonds is 5. The van der Waals surface area contributed by atoms with Gasteiger partial charge in [0.25, 0.3) is 5.91 Å². The van der Waals surface area contributed by atoms with Crippen LogP contribution in [0.5, 0.6) is 0 Å². The third-order valence-corrected chi connectivity index (χ3v) is 4.55. The molecule has 0 spiro atoms. The number of aromatic nitrogens is 2. The zero-order valence-corrected chi connectivity index (χ0v) is 15.8. The number of benzene rings is 3. The molecule has 5 nitrogen and oxygen atoms in total. The number of nitrogens with zero attached hydrogens (tertiary/aromatic N) is 2. The predicted molar refractivity (Wildman–Crippen MR) is 107 cm³/mol. The van der Waals surface area contributed by atoms with Gasteiger partial charge in [-0.3, -0.25) is 4.79 Å². The largest absolute Gasteiger partial charge is 0.418 e. The molecule has 0 aliphatic heterocycles. The molecule has 4 aromatic rings. The molecule has 1 heterocycles. The van der Waals surface area contributed by atoms with Crippen molar-refractivity contribution in [3.8, 4) is 11.5 Å². The molecule has 1 aromatic heterocycles. The Bertz CT molecular complexity index is 1110. The molecular weight excluding hydrogens is 393 g/mol. The van der Waals surface area contributed by atoms with E-state index in [1.165, 1.54) is 24.3 Å². The topological polar surface area (TPSA) is 68.0 Å². The Balaban J connectivity index is 1.65. The first-order chi connectivity index (χ1) is 14.1. The molecule has 0 saturated carbocycles. The van der Waals surface area contributed by atoms with Crippen LogP contribution >= 0.6 is 11.6 Å². The SMILES string of the molecule is O=C(N[C@H](c1ccccc1)c1nnc(-c2ccc(Cl)cc2)o1)c1ccc(F)cc1. The minimum atomic E-state index is -0.665. The maximum atomic E-state index is 13.2. The lowest BCUT2D eigenvalue weighted by atomic mass is 10.1. The zero-order valence-electron chi connectivity index (χ0n) is 15.0. The summed E-state index contributed by atoms with van der Waals surface area (Å²) in [6.45, 7) is 0. The molecular formula is C22H15ClFN3O2. The van der Waals surface area contributed by atoms with E-state index in [9.17, 15) is 9.18 Å². The number of carbonyl (C=O) groups is 1. The van der Waals surface area contributed by atoms with E-state index < -0.39 is 11.9 Å². The summed E-state index contributed by atoms with van der Waals surface area (Å²) in [5, 5.41) is 11.7.